The standard InChI is InChI=1S/C22H19F3N6O4/c1-10(6-16(32)19-12-3-5-18(33)30-20(12)28-9-27-19)17-8-15(31-35-17)21(34)29-14-7-11(22(23,24)25)2-4-13(14)26/h2,4,7-10H,3,5-6,26H2,1H3,(H,29,34)(H,27,28,30,33)/t10-/m0/s1. The first kappa shape index (κ1) is 23.9. The molecule has 2 amide bonds. The van der Waals surface area contributed by atoms with Crippen LogP contribution in [0.25, 0.3) is 0 Å². The Kier molecular flexibility index (Phi) is 6.24. The highest BCUT2D eigenvalue weighted by Gasteiger charge is 2.31. The highest BCUT2D eigenvalue weighted by Crippen LogP contribution is 2.33. The molecule has 4 rings (SSSR count). The van der Waals surface area contributed by atoms with Crippen molar-refractivity contribution in [3.63, 3.8) is 0 Å². The Labute approximate surface area is 196 Å². The largest absolute Gasteiger partial charge is 0.416 e. The predicted octanol–water partition coefficient (Wildman–Crippen LogP) is 3.58. The summed E-state index contributed by atoms with van der Waals surface area (Å²) in [5.41, 5.74) is 4.98. The van der Waals surface area contributed by atoms with E-state index >= 15 is 0 Å². The zero-order valence-electron chi connectivity index (χ0n) is 18.3. The number of fused-ring (bicyclic) bond motifs is 1. The van der Waals surface area contributed by atoms with E-state index < -0.39 is 23.6 Å². The van der Waals surface area contributed by atoms with E-state index in [1.54, 1.807) is 6.92 Å². The van der Waals surface area contributed by atoms with Gasteiger partial charge in [-0.1, -0.05) is 12.1 Å². The van der Waals surface area contributed by atoms with Crippen molar-refractivity contribution in [1.29, 1.82) is 0 Å². The first-order chi connectivity index (χ1) is 16.5. The lowest BCUT2D eigenvalue weighted by Crippen LogP contribution is -2.23. The quantitative estimate of drug-likeness (QED) is 0.352. The van der Waals surface area contributed by atoms with Gasteiger partial charge in [0.05, 0.1) is 16.9 Å². The van der Waals surface area contributed by atoms with Gasteiger partial charge in [0.15, 0.2) is 11.5 Å². The SMILES string of the molecule is C[C@@H](CC(=O)c1ncnc2c1CCC(=O)N2)c1cc(C(=O)Nc2cc(C(F)(F)F)ccc2N)no1. The van der Waals surface area contributed by atoms with Crippen molar-refractivity contribution in [1.82, 2.24) is 15.1 Å². The number of halogens is 3. The number of nitrogens with one attached hydrogen (secondary N) is 2. The van der Waals surface area contributed by atoms with Crippen molar-refractivity contribution in [3.05, 3.63) is 58.9 Å². The molecule has 0 saturated heterocycles. The molecule has 1 aromatic carbocycles. The molecule has 0 aliphatic carbocycles. The summed E-state index contributed by atoms with van der Waals surface area (Å²) in [7, 11) is 0. The van der Waals surface area contributed by atoms with Gasteiger partial charge in [0.1, 0.15) is 23.6 Å². The second-order valence-corrected chi connectivity index (χ2v) is 7.99. The molecule has 3 heterocycles. The molecule has 1 atom stereocenters. The Balaban J connectivity index is 1.45. The summed E-state index contributed by atoms with van der Waals surface area (Å²) >= 11 is 0. The van der Waals surface area contributed by atoms with E-state index in [1.807, 2.05) is 0 Å². The molecule has 0 radical (unpaired) electrons. The maximum atomic E-state index is 13.0. The summed E-state index contributed by atoms with van der Waals surface area (Å²) in [5, 5.41) is 8.55. The molecule has 0 spiro atoms. The molecule has 10 nitrogen and oxygen atoms in total. The lowest BCUT2D eigenvalue weighted by atomic mass is 9.95. The number of alkyl halides is 3. The van der Waals surface area contributed by atoms with Crippen LogP contribution < -0.4 is 16.4 Å². The number of nitrogens with two attached hydrogens (primary N) is 1. The molecule has 0 fully saturated rings. The van der Waals surface area contributed by atoms with Crippen LogP contribution in [0.5, 0.6) is 0 Å². The number of hydrogen-bond donors (Lipinski definition) is 3. The molecule has 2 aromatic heterocycles. The fourth-order valence-electron chi connectivity index (χ4n) is 3.56. The summed E-state index contributed by atoms with van der Waals surface area (Å²) in [4.78, 5) is 45.0. The van der Waals surface area contributed by atoms with Crippen molar-refractivity contribution in [3.8, 4) is 0 Å². The van der Waals surface area contributed by atoms with Gasteiger partial charge in [-0.25, -0.2) is 9.97 Å². The van der Waals surface area contributed by atoms with Crippen LogP contribution in [-0.2, 0) is 17.4 Å². The molecule has 1 aliphatic rings. The van der Waals surface area contributed by atoms with Crippen LogP contribution in [0.4, 0.5) is 30.4 Å². The Bertz CT molecular complexity index is 1320. The summed E-state index contributed by atoms with van der Waals surface area (Å²) < 4.78 is 44.1. The van der Waals surface area contributed by atoms with Gasteiger partial charge in [-0.3, -0.25) is 14.4 Å². The average molecular weight is 488 g/mol. The summed E-state index contributed by atoms with van der Waals surface area (Å²) in [5.74, 6) is -1.31. The predicted molar refractivity (Wildman–Crippen MR) is 117 cm³/mol. The van der Waals surface area contributed by atoms with E-state index in [9.17, 15) is 27.6 Å². The summed E-state index contributed by atoms with van der Waals surface area (Å²) in [6.07, 6.45) is -2.90. The van der Waals surface area contributed by atoms with Gasteiger partial charge in [0.2, 0.25) is 5.91 Å². The Morgan fingerprint density at radius 1 is 1.23 bits per heavy atom. The fourth-order valence-corrected chi connectivity index (χ4v) is 3.56. The first-order valence-corrected chi connectivity index (χ1v) is 10.4. The van der Waals surface area contributed by atoms with Crippen LogP contribution >= 0.6 is 0 Å². The van der Waals surface area contributed by atoms with E-state index in [-0.39, 0.29) is 53.1 Å². The van der Waals surface area contributed by atoms with E-state index in [2.05, 4.69) is 25.8 Å². The Morgan fingerprint density at radius 3 is 2.74 bits per heavy atom. The van der Waals surface area contributed by atoms with Crippen molar-refractivity contribution in [2.45, 2.75) is 38.3 Å². The number of carbonyl (C=O) groups is 3. The number of nitrogen functional groups attached to an aromatic ring is 1. The van der Waals surface area contributed by atoms with Crippen LogP contribution in [0.15, 0.2) is 35.1 Å². The monoisotopic (exact) mass is 488 g/mol. The van der Waals surface area contributed by atoms with Crippen molar-refractivity contribution in [2.75, 3.05) is 16.4 Å². The second kappa shape index (κ2) is 9.16. The Hall–Kier alpha value is -4.29. The number of anilines is 3. The lowest BCUT2D eigenvalue weighted by Gasteiger charge is -2.17. The third kappa shape index (κ3) is 5.13. The highest BCUT2D eigenvalue weighted by molar-refractivity contribution is 6.04. The van der Waals surface area contributed by atoms with Crippen molar-refractivity contribution < 1.29 is 32.1 Å². The third-order valence-electron chi connectivity index (χ3n) is 5.44. The van der Waals surface area contributed by atoms with Gasteiger partial charge in [-0.15, -0.1) is 0 Å². The Morgan fingerprint density at radius 2 is 2.00 bits per heavy atom. The molecular formula is C22H19F3N6O4. The van der Waals surface area contributed by atoms with Crippen molar-refractivity contribution in [2.24, 2.45) is 0 Å². The molecule has 13 heteroatoms. The van der Waals surface area contributed by atoms with E-state index in [1.165, 1.54) is 12.4 Å². The normalized spacial score (nSPS) is 14.1. The van der Waals surface area contributed by atoms with Gasteiger partial charge >= 0.3 is 6.18 Å². The van der Waals surface area contributed by atoms with Crippen LogP contribution in [0.1, 0.15) is 63.5 Å². The molecule has 4 N–H and O–H groups in total. The van der Waals surface area contributed by atoms with Gasteiger partial charge in [0.25, 0.3) is 5.91 Å². The zero-order valence-corrected chi connectivity index (χ0v) is 18.3. The molecule has 3 aromatic rings. The maximum absolute atomic E-state index is 13.0. The van der Waals surface area contributed by atoms with Crippen LogP contribution in [0, 0.1) is 0 Å². The number of aromatic nitrogens is 3. The minimum absolute atomic E-state index is 0.0335. The van der Waals surface area contributed by atoms with E-state index in [0.717, 1.165) is 18.2 Å². The average Bonchev–Trinajstić information content (AvgIpc) is 3.30. The fraction of sp³-hybridized carbons (Fsp3) is 0.273. The van der Waals surface area contributed by atoms with Gasteiger partial charge in [-0.2, -0.15) is 13.2 Å². The molecule has 0 unspecified atom stereocenters. The number of amides is 2. The topological polar surface area (TPSA) is 153 Å². The molecule has 0 saturated carbocycles. The lowest BCUT2D eigenvalue weighted by molar-refractivity contribution is -0.137. The third-order valence-corrected chi connectivity index (χ3v) is 5.44. The minimum atomic E-state index is -4.61. The number of carbonyl (C=O) groups excluding carboxylic acids is 3. The highest BCUT2D eigenvalue weighted by atomic mass is 19.4. The van der Waals surface area contributed by atoms with Gasteiger partial charge in [0, 0.05) is 30.4 Å². The first-order valence-electron chi connectivity index (χ1n) is 10.4. The number of hydrogen-bond acceptors (Lipinski definition) is 8. The molecule has 182 valence electrons. The van der Waals surface area contributed by atoms with E-state index in [4.69, 9.17) is 10.3 Å². The van der Waals surface area contributed by atoms with Crippen LogP contribution in [0.3, 0.4) is 0 Å². The van der Waals surface area contributed by atoms with E-state index in [0.29, 0.717) is 17.8 Å². The van der Waals surface area contributed by atoms with Gasteiger partial charge in [-0.05, 0) is 24.6 Å². The minimum Gasteiger partial charge on any atom is -0.397 e. The molecule has 1 aliphatic heterocycles. The second-order valence-electron chi connectivity index (χ2n) is 7.99. The number of Topliss-reactive ketones (excluding diaryl/α,β-unsaturated/α-hetero) is 1. The number of rotatable bonds is 6. The molecule has 35 heavy (non-hydrogen) atoms. The van der Waals surface area contributed by atoms with Crippen LogP contribution in [-0.4, -0.2) is 32.7 Å². The van der Waals surface area contributed by atoms with Crippen molar-refractivity contribution >= 4 is 34.8 Å². The van der Waals surface area contributed by atoms with Gasteiger partial charge < -0.3 is 20.9 Å². The molecule has 0 bridgehead atoms. The number of ketones is 1. The maximum Gasteiger partial charge on any atom is 0.416 e. The number of nitrogens with zero attached hydrogens (tertiary/aromatic N) is 3. The smallest absolute Gasteiger partial charge is 0.397 e. The molecular weight excluding hydrogens is 469 g/mol. The zero-order chi connectivity index (χ0) is 25.3. The number of benzene rings is 1. The summed E-state index contributed by atoms with van der Waals surface area (Å²) in [6, 6.07) is 3.87. The summed E-state index contributed by atoms with van der Waals surface area (Å²) in [6.45, 7) is 1.68. The van der Waals surface area contributed by atoms with Crippen LogP contribution in [0.2, 0.25) is 0 Å².